The van der Waals surface area contributed by atoms with Crippen molar-refractivity contribution in [3.8, 4) is 5.75 Å². The predicted octanol–water partition coefficient (Wildman–Crippen LogP) is 6.15. The summed E-state index contributed by atoms with van der Waals surface area (Å²) < 4.78 is 11.3. The number of ether oxygens (including phenoxy) is 2. The van der Waals surface area contributed by atoms with Crippen LogP contribution in [0.15, 0.2) is 48.5 Å². The Labute approximate surface area is 213 Å². The normalized spacial score (nSPS) is 14.1. The summed E-state index contributed by atoms with van der Waals surface area (Å²) in [6.07, 6.45) is 6.22. The summed E-state index contributed by atoms with van der Waals surface area (Å²) >= 11 is 5.24. The third kappa shape index (κ3) is 8.98. The van der Waals surface area contributed by atoms with Crippen molar-refractivity contribution in [1.29, 1.82) is 0 Å². The first-order valence-electron chi connectivity index (χ1n) is 12.4. The van der Waals surface area contributed by atoms with Crippen LogP contribution in [0.4, 0.5) is 5.69 Å². The predicted molar refractivity (Wildman–Crippen MR) is 143 cm³/mol. The molecule has 6 nitrogen and oxygen atoms in total. The number of amides is 1. The van der Waals surface area contributed by atoms with E-state index < -0.39 is 0 Å². The first-order valence-corrected chi connectivity index (χ1v) is 12.8. The van der Waals surface area contributed by atoms with E-state index in [1.807, 2.05) is 12.1 Å². The number of carbonyl (C=O) groups is 2. The second-order valence-corrected chi connectivity index (χ2v) is 10.4. The monoisotopic (exact) mass is 496 g/mol. The van der Waals surface area contributed by atoms with Gasteiger partial charge in [-0.2, -0.15) is 0 Å². The van der Waals surface area contributed by atoms with Gasteiger partial charge in [-0.25, -0.2) is 4.79 Å². The van der Waals surface area contributed by atoms with Gasteiger partial charge in [-0.1, -0.05) is 39.3 Å². The summed E-state index contributed by atoms with van der Waals surface area (Å²) in [7, 11) is 0. The standard InChI is InChI=1S/C28H36N2O4S/c1-28(2,3)21-13-17-23(18-14-21)33-19-7-10-25(31)30-27(35)29-22-15-11-20(12-16-22)26(32)34-24-8-5-4-6-9-24/h11-18,24H,4-10,19H2,1-3H3,(H2,29,30,31,35). The number of esters is 1. The summed E-state index contributed by atoms with van der Waals surface area (Å²) in [5.41, 5.74) is 2.54. The Morgan fingerprint density at radius 2 is 1.63 bits per heavy atom. The lowest BCUT2D eigenvalue weighted by Crippen LogP contribution is -2.34. The van der Waals surface area contributed by atoms with E-state index in [9.17, 15) is 9.59 Å². The molecule has 0 aliphatic heterocycles. The molecule has 0 atom stereocenters. The Morgan fingerprint density at radius 1 is 0.971 bits per heavy atom. The number of carbonyl (C=O) groups excluding carboxylic acids is 2. The van der Waals surface area contributed by atoms with Crippen LogP contribution in [-0.4, -0.2) is 29.7 Å². The average Bonchev–Trinajstić information content (AvgIpc) is 2.82. The number of rotatable bonds is 8. The van der Waals surface area contributed by atoms with E-state index in [1.165, 1.54) is 12.0 Å². The van der Waals surface area contributed by atoms with Gasteiger partial charge in [-0.15, -0.1) is 0 Å². The lowest BCUT2D eigenvalue weighted by atomic mass is 9.87. The van der Waals surface area contributed by atoms with Crippen LogP contribution in [0.25, 0.3) is 0 Å². The molecule has 188 valence electrons. The molecule has 2 aromatic rings. The SMILES string of the molecule is CC(C)(C)c1ccc(OCCCC(=O)NC(=S)Nc2ccc(C(=O)OC3CCCCC3)cc2)cc1. The highest BCUT2D eigenvalue weighted by Gasteiger charge is 2.18. The molecule has 1 aliphatic rings. The summed E-state index contributed by atoms with van der Waals surface area (Å²) in [5.74, 6) is 0.315. The zero-order chi connectivity index (χ0) is 25.3. The summed E-state index contributed by atoms with van der Waals surface area (Å²) in [5, 5.41) is 5.86. The summed E-state index contributed by atoms with van der Waals surface area (Å²) in [6.45, 7) is 6.96. The number of anilines is 1. The Bertz CT molecular complexity index is 991. The highest BCUT2D eigenvalue weighted by molar-refractivity contribution is 7.80. The smallest absolute Gasteiger partial charge is 0.338 e. The molecule has 1 fully saturated rings. The molecule has 0 heterocycles. The Hall–Kier alpha value is -2.93. The van der Waals surface area contributed by atoms with Crippen molar-refractivity contribution in [3.05, 3.63) is 59.7 Å². The minimum Gasteiger partial charge on any atom is -0.494 e. The maximum Gasteiger partial charge on any atom is 0.338 e. The fourth-order valence-corrected chi connectivity index (χ4v) is 4.15. The lowest BCUT2D eigenvalue weighted by molar-refractivity contribution is -0.119. The Balaban J connectivity index is 1.34. The van der Waals surface area contributed by atoms with Gasteiger partial charge in [0.25, 0.3) is 0 Å². The van der Waals surface area contributed by atoms with Crippen LogP contribution in [0, 0.1) is 0 Å². The van der Waals surface area contributed by atoms with Gasteiger partial charge in [0.15, 0.2) is 5.11 Å². The average molecular weight is 497 g/mol. The van der Waals surface area contributed by atoms with E-state index in [2.05, 4.69) is 43.5 Å². The number of thiocarbonyl (C=S) groups is 1. The maximum atomic E-state index is 12.3. The van der Waals surface area contributed by atoms with Crippen molar-refractivity contribution < 1.29 is 19.1 Å². The van der Waals surface area contributed by atoms with Gasteiger partial charge in [0.05, 0.1) is 12.2 Å². The molecule has 0 saturated heterocycles. The molecule has 35 heavy (non-hydrogen) atoms. The van der Waals surface area contributed by atoms with Crippen molar-refractivity contribution >= 4 is 34.9 Å². The van der Waals surface area contributed by atoms with E-state index in [1.54, 1.807) is 24.3 Å². The minimum absolute atomic E-state index is 0.0243. The van der Waals surface area contributed by atoms with Crippen LogP contribution < -0.4 is 15.4 Å². The number of nitrogens with one attached hydrogen (secondary N) is 2. The van der Waals surface area contributed by atoms with Crippen LogP contribution in [0.2, 0.25) is 0 Å². The van der Waals surface area contributed by atoms with Crippen molar-refractivity contribution in [2.75, 3.05) is 11.9 Å². The van der Waals surface area contributed by atoms with Gasteiger partial charge in [-0.05, 0) is 91.7 Å². The molecule has 0 spiro atoms. The minimum atomic E-state index is -0.299. The molecule has 0 aromatic heterocycles. The Kier molecular flexibility index (Phi) is 9.66. The second kappa shape index (κ2) is 12.7. The third-order valence-electron chi connectivity index (χ3n) is 5.99. The molecule has 0 bridgehead atoms. The molecule has 1 amide bonds. The highest BCUT2D eigenvalue weighted by atomic mass is 32.1. The molecule has 1 saturated carbocycles. The maximum absolute atomic E-state index is 12.3. The van der Waals surface area contributed by atoms with Gasteiger partial charge in [0, 0.05) is 12.1 Å². The Morgan fingerprint density at radius 3 is 2.26 bits per heavy atom. The molecule has 1 aliphatic carbocycles. The fourth-order valence-electron chi connectivity index (χ4n) is 3.92. The van der Waals surface area contributed by atoms with Crippen molar-refractivity contribution in [2.45, 2.75) is 77.2 Å². The quantitative estimate of drug-likeness (QED) is 0.259. The summed E-state index contributed by atoms with van der Waals surface area (Å²) in [4.78, 5) is 24.5. The molecule has 2 N–H and O–H groups in total. The van der Waals surface area contributed by atoms with Crippen LogP contribution in [-0.2, 0) is 14.9 Å². The topological polar surface area (TPSA) is 76.7 Å². The van der Waals surface area contributed by atoms with E-state index >= 15 is 0 Å². The van der Waals surface area contributed by atoms with Gasteiger partial charge in [-0.3, -0.25) is 4.79 Å². The van der Waals surface area contributed by atoms with Crippen LogP contribution >= 0.6 is 12.2 Å². The van der Waals surface area contributed by atoms with Gasteiger partial charge < -0.3 is 20.1 Å². The molecule has 7 heteroatoms. The van der Waals surface area contributed by atoms with Crippen LogP contribution in [0.5, 0.6) is 5.75 Å². The van der Waals surface area contributed by atoms with Crippen molar-refractivity contribution in [2.24, 2.45) is 0 Å². The molecule has 3 rings (SSSR count). The molecular formula is C28H36N2O4S. The van der Waals surface area contributed by atoms with E-state index in [0.717, 1.165) is 31.4 Å². The zero-order valence-corrected chi connectivity index (χ0v) is 21.7. The van der Waals surface area contributed by atoms with Crippen LogP contribution in [0.1, 0.15) is 81.6 Å². The fraction of sp³-hybridized carbons (Fsp3) is 0.464. The number of benzene rings is 2. The van der Waals surface area contributed by atoms with E-state index in [-0.39, 0.29) is 28.5 Å². The third-order valence-corrected chi connectivity index (χ3v) is 6.20. The van der Waals surface area contributed by atoms with Gasteiger partial charge >= 0.3 is 5.97 Å². The zero-order valence-electron chi connectivity index (χ0n) is 20.9. The number of hydrogen-bond acceptors (Lipinski definition) is 5. The summed E-state index contributed by atoms with van der Waals surface area (Å²) in [6, 6.07) is 14.9. The largest absolute Gasteiger partial charge is 0.494 e. The molecule has 0 radical (unpaired) electrons. The first-order chi connectivity index (χ1) is 16.7. The first kappa shape index (κ1) is 26.7. The van der Waals surface area contributed by atoms with E-state index in [0.29, 0.717) is 30.7 Å². The van der Waals surface area contributed by atoms with Crippen LogP contribution in [0.3, 0.4) is 0 Å². The lowest BCUT2D eigenvalue weighted by Gasteiger charge is -2.21. The molecular weight excluding hydrogens is 460 g/mol. The number of hydrogen-bond donors (Lipinski definition) is 2. The van der Waals surface area contributed by atoms with Gasteiger partial charge in [0.2, 0.25) is 5.91 Å². The van der Waals surface area contributed by atoms with Gasteiger partial charge in [0.1, 0.15) is 11.9 Å². The second-order valence-electron chi connectivity index (χ2n) is 9.97. The molecule has 2 aromatic carbocycles. The van der Waals surface area contributed by atoms with E-state index in [4.69, 9.17) is 21.7 Å². The van der Waals surface area contributed by atoms with Crippen molar-refractivity contribution in [1.82, 2.24) is 5.32 Å². The molecule has 0 unspecified atom stereocenters. The highest BCUT2D eigenvalue weighted by Crippen LogP contribution is 2.24. The van der Waals surface area contributed by atoms with Crippen molar-refractivity contribution in [3.63, 3.8) is 0 Å².